The summed E-state index contributed by atoms with van der Waals surface area (Å²) in [5.74, 6) is 0.188. The van der Waals surface area contributed by atoms with Gasteiger partial charge in [0.2, 0.25) is 5.91 Å². The summed E-state index contributed by atoms with van der Waals surface area (Å²) >= 11 is 0. The van der Waals surface area contributed by atoms with E-state index in [9.17, 15) is 9.59 Å². The minimum Gasteiger partial charge on any atom is -0.334 e. The lowest BCUT2D eigenvalue weighted by molar-refractivity contribution is -0.117. The zero-order chi connectivity index (χ0) is 18.6. The van der Waals surface area contributed by atoms with E-state index in [2.05, 4.69) is 28.8 Å². The zero-order valence-electron chi connectivity index (χ0n) is 15.4. The Morgan fingerprint density at radius 1 is 1.04 bits per heavy atom. The number of urea groups is 1. The van der Waals surface area contributed by atoms with E-state index in [1.165, 1.54) is 11.1 Å². The Hall–Kier alpha value is -2.82. The van der Waals surface area contributed by atoms with Crippen molar-refractivity contribution in [2.45, 2.75) is 44.7 Å². The lowest BCUT2D eigenvalue weighted by Gasteiger charge is -2.26. The second-order valence-electron chi connectivity index (χ2n) is 7.29. The smallest absolute Gasteiger partial charge is 0.315 e. The van der Waals surface area contributed by atoms with Crippen molar-refractivity contribution >= 4 is 17.6 Å². The number of carbonyl (C=O) groups is 2. The van der Waals surface area contributed by atoms with E-state index in [0.717, 1.165) is 43.5 Å². The lowest BCUT2D eigenvalue weighted by Crippen LogP contribution is -2.38. The Labute approximate surface area is 159 Å². The average Bonchev–Trinajstić information content (AvgIpc) is 3.13. The highest BCUT2D eigenvalue weighted by atomic mass is 16.2. The molecule has 0 bridgehead atoms. The number of rotatable bonds is 4. The van der Waals surface area contributed by atoms with Gasteiger partial charge in [0.25, 0.3) is 0 Å². The highest BCUT2D eigenvalue weighted by Gasteiger charge is 2.22. The molecule has 5 nitrogen and oxygen atoms in total. The largest absolute Gasteiger partial charge is 0.334 e. The summed E-state index contributed by atoms with van der Waals surface area (Å²) in [7, 11) is 0. The van der Waals surface area contributed by atoms with Crippen molar-refractivity contribution in [1.29, 1.82) is 0 Å². The first-order chi connectivity index (χ1) is 13.2. The predicted molar refractivity (Wildman–Crippen MR) is 106 cm³/mol. The molecule has 0 radical (unpaired) electrons. The Morgan fingerprint density at radius 3 is 2.63 bits per heavy atom. The molecule has 5 heteroatoms. The van der Waals surface area contributed by atoms with E-state index in [1.54, 1.807) is 0 Å². The molecular formula is C22H25N3O2. The van der Waals surface area contributed by atoms with Crippen LogP contribution in [0.15, 0.2) is 48.5 Å². The Kier molecular flexibility index (Phi) is 5.10. The molecule has 1 heterocycles. The van der Waals surface area contributed by atoms with Gasteiger partial charge in [-0.2, -0.15) is 0 Å². The van der Waals surface area contributed by atoms with Crippen LogP contribution in [0.4, 0.5) is 10.5 Å². The Bertz CT molecular complexity index is 832. The molecule has 1 aliphatic heterocycles. The summed E-state index contributed by atoms with van der Waals surface area (Å²) in [5, 5.41) is 6.05. The van der Waals surface area contributed by atoms with E-state index in [-0.39, 0.29) is 18.0 Å². The number of benzene rings is 2. The van der Waals surface area contributed by atoms with Crippen LogP contribution in [0.25, 0.3) is 0 Å². The summed E-state index contributed by atoms with van der Waals surface area (Å²) in [6.07, 6.45) is 4.71. The minimum absolute atomic E-state index is 0.0819. The zero-order valence-corrected chi connectivity index (χ0v) is 15.4. The van der Waals surface area contributed by atoms with Crippen LogP contribution in [0.3, 0.4) is 0 Å². The van der Waals surface area contributed by atoms with Gasteiger partial charge in [-0.3, -0.25) is 4.79 Å². The number of carbonyl (C=O) groups excluding carboxylic acids is 2. The minimum atomic E-state index is -0.143. The van der Waals surface area contributed by atoms with Gasteiger partial charge in [-0.05, 0) is 54.5 Å². The molecule has 3 amide bonds. The van der Waals surface area contributed by atoms with Gasteiger partial charge in [-0.15, -0.1) is 0 Å². The van der Waals surface area contributed by atoms with Crippen molar-refractivity contribution in [3.8, 4) is 0 Å². The number of hydrogen-bond donors (Lipinski definition) is 2. The molecule has 1 saturated heterocycles. The summed E-state index contributed by atoms with van der Waals surface area (Å²) in [6.45, 7) is 1.26. The molecule has 1 aliphatic carbocycles. The molecule has 1 fully saturated rings. The summed E-state index contributed by atoms with van der Waals surface area (Å²) in [4.78, 5) is 26.0. The number of nitrogens with zero attached hydrogens (tertiary/aromatic N) is 1. The maximum absolute atomic E-state index is 12.3. The van der Waals surface area contributed by atoms with Gasteiger partial charge in [0.1, 0.15) is 0 Å². The SMILES string of the molecule is O=C(NCc1ccc(N2CCCC2=O)cc1)NC1CCCc2ccccc21. The van der Waals surface area contributed by atoms with Crippen LogP contribution in [0.5, 0.6) is 0 Å². The van der Waals surface area contributed by atoms with E-state index in [4.69, 9.17) is 0 Å². The number of hydrogen-bond acceptors (Lipinski definition) is 2. The number of amides is 3. The summed E-state index contributed by atoms with van der Waals surface area (Å²) < 4.78 is 0. The molecule has 0 aromatic heterocycles. The lowest BCUT2D eigenvalue weighted by atomic mass is 9.88. The maximum Gasteiger partial charge on any atom is 0.315 e. The summed E-state index contributed by atoms with van der Waals surface area (Å²) in [5.41, 5.74) is 4.52. The first-order valence-corrected chi connectivity index (χ1v) is 9.72. The van der Waals surface area contributed by atoms with E-state index >= 15 is 0 Å². The van der Waals surface area contributed by atoms with E-state index in [0.29, 0.717) is 13.0 Å². The molecular weight excluding hydrogens is 338 g/mol. The van der Waals surface area contributed by atoms with Crippen molar-refractivity contribution in [3.05, 3.63) is 65.2 Å². The van der Waals surface area contributed by atoms with Crippen LogP contribution in [-0.4, -0.2) is 18.5 Å². The van der Waals surface area contributed by atoms with Gasteiger partial charge in [0, 0.05) is 25.2 Å². The monoisotopic (exact) mass is 363 g/mol. The number of fused-ring (bicyclic) bond motifs is 1. The van der Waals surface area contributed by atoms with Gasteiger partial charge >= 0.3 is 6.03 Å². The van der Waals surface area contributed by atoms with E-state index < -0.39 is 0 Å². The third-order valence-corrected chi connectivity index (χ3v) is 5.45. The molecule has 1 atom stereocenters. The molecule has 27 heavy (non-hydrogen) atoms. The van der Waals surface area contributed by atoms with Crippen LogP contribution in [0.1, 0.15) is 48.4 Å². The van der Waals surface area contributed by atoms with Crippen LogP contribution < -0.4 is 15.5 Å². The van der Waals surface area contributed by atoms with Crippen LogP contribution >= 0.6 is 0 Å². The molecule has 1 unspecified atom stereocenters. The van der Waals surface area contributed by atoms with E-state index in [1.807, 2.05) is 35.2 Å². The second kappa shape index (κ2) is 7.82. The standard InChI is InChI=1S/C22H25N3O2/c26-21-9-4-14-25(21)18-12-10-16(11-13-18)15-23-22(27)24-20-8-3-6-17-5-1-2-7-19(17)20/h1-2,5,7,10-13,20H,3-4,6,8-9,14-15H2,(H2,23,24,27). The van der Waals surface area contributed by atoms with Crippen molar-refractivity contribution in [1.82, 2.24) is 10.6 Å². The van der Waals surface area contributed by atoms with Crippen molar-refractivity contribution < 1.29 is 9.59 Å². The quantitative estimate of drug-likeness (QED) is 0.870. The summed E-state index contributed by atoms with van der Waals surface area (Å²) in [6, 6.07) is 16.1. The third-order valence-electron chi connectivity index (χ3n) is 5.45. The van der Waals surface area contributed by atoms with Gasteiger partial charge in [-0.25, -0.2) is 4.79 Å². The van der Waals surface area contributed by atoms with Gasteiger partial charge in [0.15, 0.2) is 0 Å². The third kappa shape index (κ3) is 3.97. The normalized spacial score (nSPS) is 18.9. The van der Waals surface area contributed by atoms with Gasteiger partial charge < -0.3 is 15.5 Å². The Morgan fingerprint density at radius 2 is 1.85 bits per heavy atom. The molecule has 4 rings (SSSR count). The maximum atomic E-state index is 12.3. The molecule has 2 aromatic carbocycles. The molecule has 2 aliphatic rings. The number of nitrogens with one attached hydrogen (secondary N) is 2. The second-order valence-corrected chi connectivity index (χ2v) is 7.29. The topological polar surface area (TPSA) is 61.4 Å². The van der Waals surface area contributed by atoms with Gasteiger partial charge in [0.05, 0.1) is 6.04 Å². The van der Waals surface area contributed by atoms with Crippen molar-refractivity contribution in [2.24, 2.45) is 0 Å². The highest BCUT2D eigenvalue weighted by Crippen LogP contribution is 2.29. The van der Waals surface area contributed by atoms with Crippen molar-refractivity contribution in [2.75, 3.05) is 11.4 Å². The molecule has 2 aromatic rings. The van der Waals surface area contributed by atoms with Crippen LogP contribution in [0.2, 0.25) is 0 Å². The first-order valence-electron chi connectivity index (χ1n) is 9.72. The first kappa shape index (κ1) is 17.6. The molecule has 140 valence electrons. The van der Waals surface area contributed by atoms with Crippen molar-refractivity contribution in [3.63, 3.8) is 0 Å². The van der Waals surface area contributed by atoms with Crippen LogP contribution in [0, 0.1) is 0 Å². The number of anilines is 1. The van der Waals surface area contributed by atoms with Gasteiger partial charge in [-0.1, -0.05) is 36.4 Å². The average molecular weight is 363 g/mol. The molecule has 0 spiro atoms. The fraction of sp³-hybridized carbons (Fsp3) is 0.364. The fourth-order valence-corrected chi connectivity index (χ4v) is 4.01. The fourth-order valence-electron chi connectivity index (χ4n) is 4.01. The van der Waals surface area contributed by atoms with Crippen LogP contribution in [-0.2, 0) is 17.8 Å². The number of aryl methyl sites for hydroxylation is 1. The molecule has 2 N–H and O–H groups in total. The highest BCUT2D eigenvalue weighted by molar-refractivity contribution is 5.95. The molecule has 0 saturated carbocycles. The Balaban J connectivity index is 1.31. The predicted octanol–water partition coefficient (Wildman–Crippen LogP) is 3.69.